The van der Waals surface area contributed by atoms with Gasteiger partial charge < -0.3 is 14.6 Å². The molecule has 0 heterocycles. The van der Waals surface area contributed by atoms with E-state index in [0.717, 1.165) is 17.1 Å². The van der Waals surface area contributed by atoms with Crippen molar-refractivity contribution in [2.45, 2.75) is 13.5 Å². The van der Waals surface area contributed by atoms with Gasteiger partial charge in [0.15, 0.2) is 0 Å². The smallest absolute Gasteiger partial charge is 0.123 e. The zero-order valence-electron chi connectivity index (χ0n) is 11.8. The first-order valence-corrected chi connectivity index (χ1v) is 6.18. The predicted octanol–water partition coefficient (Wildman–Crippen LogP) is 1.52. The van der Waals surface area contributed by atoms with Gasteiger partial charge in [0.25, 0.3) is 0 Å². The van der Waals surface area contributed by atoms with Crippen LogP contribution in [-0.2, 0) is 6.54 Å². The van der Waals surface area contributed by atoms with Gasteiger partial charge in [-0.3, -0.25) is 4.90 Å². The lowest BCUT2D eigenvalue weighted by molar-refractivity contribution is 0.204. The first-order chi connectivity index (χ1) is 9.24. The zero-order valence-corrected chi connectivity index (χ0v) is 11.8. The lowest BCUT2D eigenvalue weighted by atomic mass is 10.1. The maximum Gasteiger partial charge on any atom is 0.123 e. The SMILES string of the molecule is CC#CCN(CCO)Cc1cc(OC)ccc1OC. The summed E-state index contributed by atoms with van der Waals surface area (Å²) in [4.78, 5) is 2.06. The molecule has 0 amide bonds. The number of hydrogen-bond donors (Lipinski definition) is 1. The molecule has 4 nitrogen and oxygen atoms in total. The quantitative estimate of drug-likeness (QED) is 0.757. The first kappa shape index (κ1) is 15.4. The fourth-order valence-corrected chi connectivity index (χ4v) is 1.79. The number of hydrogen-bond acceptors (Lipinski definition) is 4. The number of aliphatic hydroxyl groups excluding tert-OH is 1. The Kier molecular flexibility index (Phi) is 6.80. The number of methoxy groups -OCH3 is 2. The molecule has 104 valence electrons. The number of ether oxygens (including phenoxy) is 2. The van der Waals surface area contributed by atoms with Crippen molar-refractivity contribution in [1.82, 2.24) is 4.90 Å². The predicted molar refractivity (Wildman–Crippen MR) is 75.4 cm³/mol. The van der Waals surface area contributed by atoms with Gasteiger partial charge in [-0.2, -0.15) is 0 Å². The van der Waals surface area contributed by atoms with Crippen LogP contribution in [0.2, 0.25) is 0 Å². The lowest BCUT2D eigenvalue weighted by Crippen LogP contribution is -2.27. The third kappa shape index (κ3) is 4.82. The highest BCUT2D eigenvalue weighted by Crippen LogP contribution is 2.25. The van der Waals surface area contributed by atoms with Gasteiger partial charge in [-0.25, -0.2) is 0 Å². The molecule has 0 fully saturated rings. The molecule has 0 radical (unpaired) electrons. The van der Waals surface area contributed by atoms with Crippen LogP contribution in [0.1, 0.15) is 12.5 Å². The fourth-order valence-electron chi connectivity index (χ4n) is 1.79. The van der Waals surface area contributed by atoms with Crippen molar-refractivity contribution >= 4 is 0 Å². The Balaban J connectivity index is 2.88. The monoisotopic (exact) mass is 263 g/mol. The molecule has 0 bridgehead atoms. The second-order valence-corrected chi connectivity index (χ2v) is 4.04. The van der Waals surface area contributed by atoms with Crippen molar-refractivity contribution in [1.29, 1.82) is 0 Å². The van der Waals surface area contributed by atoms with E-state index in [1.807, 2.05) is 25.1 Å². The molecule has 1 rings (SSSR count). The molecule has 1 N–H and O–H groups in total. The molecule has 0 spiro atoms. The van der Waals surface area contributed by atoms with Gasteiger partial charge in [0, 0.05) is 18.7 Å². The molecule has 0 aliphatic heterocycles. The summed E-state index contributed by atoms with van der Waals surface area (Å²) >= 11 is 0. The summed E-state index contributed by atoms with van der Waals surface area (Å²) in [5, 5.41) is 9.10. The minimum absolute atomic E-state index is 0.109. The molecule has 1 aromatic rings. The van der Waals surface area contributed by atoms with E-state index in [4.69, 9.17) is 14.6 Å². The van der Waals surface area contributed by atoms with Crippen molar-refractivity contribution < 1.29 is 14.6 Å². The zero-order chi connectivity index (χ0) is 14.1. The number of aliphatic hydroxyl groups is 1. The van der Waals surface area contributed by atoms with Crippen LogP contribution >= 0.6 is 0 Å². The molecule has 0 aliphatic rings. The lowest BCUT2D eigenvalue weighted by Gasteiger charge is -2.20. The minimum Gasteiger partial charge on any atom is -0.497 e. The van der Waals surface area contributed by atoms with Gasteiger partial charge in [-0.05, 0) is 25.1 Å². The van der Waals surface area contributed by atoms with Crippen LogP contribution in [0, 0.1) is 11.8 Å². The highest BCUT2D eigenvalue weighted by atomic mass is 16.5. The van der Waals surface area contributed by atoms with E-state index >= 15 is 0 Å². The van der Waals surface area contributed by atoms with Crippen LogP contribution < -0.4 is 9.47 Å². The van der Waals surface area contributed by atoms with Crippen molar-refractivity contribution in [2.75, 3.05) is 33.9 Å². The number of benzene rings is 1. The summed E-state index contributed by atoms with van der Waals surface area (Å²) in [5.41, 5.74) is 1.02. The van der Waals surface area contributed by atoms with Gasteiger partial charge in [0.1, 0.15) is 11.5 Å². The van der Waals surface area contributed by atoms with E-state index in [-0.39, 0.29) is 6.61 Å². The summed E-state index contributed by atoms with van der Waals surface area (Å²) in [6.45, 7) is 3.78. The summed E-state index contributed by atoms with van der Waals surface area (Å²) < 4.78 is 10.6. The van der Waals surface area contributed by atoms with Crippen molar-refractivity contribution in [2.24, 2.45) is 0 Å². The van der Waals surface area contributed by atoms with Gasteiger partial charge >= 0.3 is 0 Å². The second kappa shape index (κ2) is 8.41. The summed E-state index contributed by atoms with van der Waals surface area (Å²) in [6, 6.07) is 5.70. The van der Waals surface area contributed by atoms with E-state index < -0.39 is 0 Å². The fraction of sp³-hybridized carbons (Fsp3) is 0.467. The molecule has 0 aliphatic carbocycles. The molecule has 19 heavy (non-hydrogen) atoms. The van der Waals surface area contributed by atoms with Gasteiger partial charge in [0.2, 0.25) is 0 Å². The topological polar surface area (TPSA) is 41.9 Å². The molecular weight excluding hydrogens is 242 g/mol. The van der Waals surface area contributed by atoms with Crippen LogP contribution in [0.25, 0.3) is 0 Å². The third-order valence-electron chi connectivity index (χ3n) is 2.78. The Hall–Kier alpha value is -1.70. The third-order valence-corrected chi connectivity index (χ3v) is 2.78. The van der Waals surface area contributed by atoms with E-state index in [1.165, 1.54) is 0 Å². The van der Waals surface area contributed by atoms with Gasteiger partial charge in [-0.1, -0.05) is 5.92 Å². The van der Waals surface area contributed by atoms with Crippen molar-refractivity contribution in [3.05, 3.63) is 23.8 Å². The molecular formula is C15H21NO3. The van der Waals surface area contributed by atoms with Crippen LogP contribution in [0.15, 0.2) is 18.2 Å². The van der Waals surface area contributed by atoms with Crippen LogP contribution in [0.5, 0.6) is 11.5 Å². The maximum absolute atomic E-state index is 9.10. The molecule has 0 atom stereocenters. The van der Waals surface area contributed by atoms with Crippen LogP contribution in [0.4, 0.5) is 0 Å². The van der Waals surface area contributed by atoms with Crippen LogP contribution in [-0.4, -0.2) is 43.9 Å². The molecule has 0 saturated carbocycles. The van der Waals surface area contributed by atoms with E-state index in [1.54, 1.807) is 14.2 Å². The Labute approximate surface area is 114 Å². The normalized spacial score (nSPS) is 9.95. The average Bonchev–Trinajstić information content (AvgIpc) is 2.44. The van der Waals surface area contributed by atoms with E-state index in [0.29, 0.717) is 19.6 Å². The minimum atomic E-state index is 0.109. The number of rotatable bonds is 7. The molecule has 0 unspecified atom stereocenters. The number of nitrogens with zero attached hydrogens (tertiary/aromatic N) is 1. The standard InChI is InChI=1S/C15H21NO3/c1-4-5-8-16(9-10-17)12-13-11-14(18-2)6-7-15(13)19-3/h6-7,11,17H,8-10,12H2,1-3H3. The van der Waals surface area contributed by atoms with Gasteiger partial charge in [0.05, 0.1) is 27.4 Å². The van der Waals surface area contributed by atoms with Crippen molar-refractivity contribution in [3.8, 4) is 23.3 Å². The summed E-state index contributed by atoms with van der Waals surface area (Å²) in [6.07, 6.45) is 0. The van der Waals surface area contributed by atoms with Crippen molar-refractivity contribution in [3.63, 3.8) is 0 Å². The largest absolute Gasteiger partial charge is 0.497 e. The molecule has 1 aromatic carbocycles. The van der Waals surface area contributed by atoms with Gasteiger partial charge in [-0.15, -0.1) is 5.92 Å². The summed E-state index contributed by atoms with van der Waals surface area (Å²) in [5.74, 6) is 7.48. The van der Waals surface area contributed by atoms with E-state index in [2.05, 4.69) is 16.7 Å². The summed E-state index contributed by atoms with van der Waals surface area (Å²) in [7, 11) is 3.28. The highest BCUT2D eigenvalue weighted by molar-refractivity contribution is 5.40. The molecule has 4 heteroatoms. The Bertz CT molecular complexity index is 448. The molecule has 0 aromatic heterocycles. The Morgan fingerprint density at radius 1 is 1.26 bits per heavy atom. The highest BCUT2D eigenvalue weighted by Gasteiger charge is 2.10. The molecule has 0 saturated heterocycles. The Morgan fingerprint density at radius 2 is 2.05 bits per heavy atom. The second-order valence-electron chi connectivity index (χ2n) is 4.04. The van der Waals surface area contributed by atoms with E-state index in [9.17, 15) is 0 Å². The Morgan fingerprint density at radius 3 is 2.63 bits per heavy atom. The maximum atomic E-state index is 9.10. The van der Waals surface area contributed by atoms with Crippen LogP contribution in [0.3, 0.4) is 0 Å². The average molecular weight is 263 g/mol. The first-order valence-electron chi connectivity index (χ1n) is 6.18.